The molecule has 0 saturated carbocycles. The summed E-state index contributed by atoms with van der Waals surface area (Å²) in [6.07, 6.45) is 27.3. The fourth-order valence-corrected chi connectivity index (χ4v) is 9.46. The standard InChI is InChI=1S/C38H46O9.C15H24/c1-21(2)11-10-18-36(8)19-17-24-29(39)28-30(40)26-12-9-13-27-35(6,7)47-37(34(43)44,20-16-23(5)33(41)42)38(26,27)46-32(28)25(31(24)45-36)15-14-22(3)4;1-13-7-5-8-14(2)10-12-15(3,4)11-6-9-13/h11-12,14,16-17,19,27,39H,9-10,13,15,18,20H2,1-8H3,(H,41,42)(H,43,44);6-7,10-11H,5,8-9,12H2,1-4H3. The van der Waals surface area contributed by atoms with E-state index in [0.29, 0.717) is 48.0 Å². The minimum atomic E-state index is -2.16. The van der Waals surface area contributed by atoms with Gasteiger partial charge in [0.15, 0.2) is 11.4 Å². The van der Waals surface area contributed by atoms with E-state index in [4.69, 9.17) is 14.2 Å². The van der Waals surface area contributed by atoms with Crippen molar-refractivity contribution in [2.75, 3.05) is 0 Å². The molecule has 4 atom stereocenters. The number of aliphatic carboxylic acids is 2. The maximum Gasteiger partial charge on any atom is 0.340 e. The third-order valence-electron chi connectivity index (χ3n) is 13.1. The number of carboxylic acid groups (broad SMARTS) is 2. The first-order chi connectivity index (χ1) is 28.9. The van der Waals surface area contributed by atoms with Gasteiger partial charge in [0.1, 0.15) is 28.4 Å². The van der Waals surface area contributed by atoms with Crippen LogP contribution >= 0.6 is 0 Å². The van der Waals surface area contributed by atoms with E-state index in [1.807, 2.05) is 46.8 Å². The van der Waals surface area contributed by atoms with Crippen LogP contribution in [-0.2, 0) is 20.7 Å². The first kappa shape index (κ1) is 48.1. The molecule has 6 rings (SSSR count). The van der Waals surface area contributed by atoms with Crippen molar-refractivity contribution >= 4 is 23.8 Å². The summed E-state index contributed by atoms with van der Waals surface area (Å²) in [5, 5.41) is 32.4. The summed E-state index contributed by atoms with van der Waals surface area (Å²) >= 11 is 0. The number of phenols is 1. The van der Waals surface area contributed by atoms with Gasteiger partial charge < -0.3 is 29.5 Å². The van der Waals surface area contributed by atoms with Gasteiger partial charge in [-0.15, -0.1) is 0 Å². The lowest BCUT2D eigenvalue weighted by atomic mass is 9.60. The quantitative estimate of drug-likeness (QED) is 0.164. The van der Waals surface area contributed by atoms with Crippen molar-refractivity contribution in [1.29, 1.82) is 0 Å². The first-order valence-corrected chi connectivity index (χ1v) is 22.2. The number of carboxylic acids is 2. The van der Waals surface area contributed by atoms with Crippen LogP contribution < -0.4 is 9.47 Å². The summed E-state index contributed by atoms with van der Waals surface area (Å²) in [7, 11) is 0. The lowest BCUT2D eigenvalue weighted by Gasteiger charge is -2.50. The van der Waals surface area contributed by atoms with E-state index in [9.17, 15) is 29.7 Å². The van der Waals surface area contributed by atoms with Crippen molar-refractivity contribution < 1.29 is 43.9 Å². The van der Waals surface area contributed by atoms with Gasteiger partial charge in [0.2, 0.25) is 5.60 Å². The third kappa shape index (κ3) is 9.68. The molecule has 62 heavy (non-hydrogen) atoms. The van der Waals surface area contributed by atoms with Gasteiger partial charge in [-0.25, -0.2) is 9.59 Å². The van der Waals surface area contributed by atoms with Crippen molar-refractivity contribution in [1.82, 2.24) is 0 Å². The molecule has 3 heterocycles. The largest absolute Gasteiger partial charge is 0.506 e. The molecule has 1 aromatic rings. The van der Waals surface area contributed by atoms with Gasteiger partial charge in [-0.3, -0.25) is 4.79 Å². The Labute approximate surface area is 369 Å². The SMILES string of the molecule is CC(C)=CCCC1(C)C=Cc2c(O)c3c(c(CC=C(C)C)c2O1)OC12C(=CCCC1C(C)(C)OC2(CC=C(C)C(=O)O)C(=O)O)C3=O.CC1=CCCC(C)=CCC(C)(C)C=CC1. The fraction of sp³-hybridized carbons (Fsp3) is 0.528. The average molecular weight is 851 g/mol. The summed E-state index contributed by atoms with van der Waals surface area (Å²) in [5.41, 5.74) is 0.670. The summed E-state index contributed by atoms with van der Waals surface area (Å²) in [6, 6.07) is 0. The van der Waals surface area contributed by atoms with Gasteiger partial charge in [0.05, 0.1) is 11.2 Å². The Balaban J connectivity index is 0.000000409. The highest BCUT2D eigenvalue weighted by Crippen LogP contribution is 2.64. The van der Waals surface area contributed by atoms with Gasteiger partial charge in [-0.1, -0.05) is 84.7 Å². The van der Waals surface area contributed by atoms with E-state index in [0.717, 1.165) is 24.8 Å². The molecule has 1 fully saturated rings. The Kier molecular flexibility index (Phi) is 14.3. The minimum Gasteiger partial charge on any atom is -0.506 e. The Morgan fingerprint density at radius 3 is 2.19 bits per heavy atom. The lowest BCUT2D eigenvalue weighted by Crippen LogP contribution is -2.66. The number of ketones is 1. The molecule has 9 nitrogen and oxygen atoms in total. The van der Waals surface area contributed by atoms with Crippen LogP contribution in [0.4, 0.5) is 0 Å². The highest BCUT2D eigenvalue weighted by atomic mass is 16.6. The summed E-state index contributed by atoms with van der Waals surface area (Å²) in [5.74, 6) is -3.53. The molecule has 2 aliphatic carbocycles. The van der Waals surface area contributed by atoms with Crippen LogP contribution in [0.15, 0.2) is 88.1 Å². The molecule has 3 N–H and O–H groups in total. The maximum atomic E-state index is 14.7. The Morgan fingerprint density at radius 2 is 1.55 bits per heavy atom. The second kappa shape index (κ2) is 18.4. The molecule has 1 spiro atoms. The number of rotatable bonds is 9. The smallest absolute Gasteiger partial charge is 0.340 e. The van der Waals surface area contributed by atoms with Crippen molar-refractivity contribution in [3.8, 4) is 17.2 Å². The van der Waals surface area contributed by atoms with Crippen LogP contribution in [-0.4, -0.2) is 55.4 Å². The van der Waals surface area contributed by atoms with Crippen molar-refractivity contribution in [2.24, 2.45) is 11.3 Å². The maximum absolute atomic E-state index is 14.7. The number of hydrogen-bond acceptors (Lipinski definition) is 7. The van der Waals surface area contributed by atoms with Gasteiger partial charge in [-0.2, -0.15) is 0 Å². The van der Waals surface area contributed by atoms with Crippen molar-refractivity contribution in [2.45, 2.75) is 170 Å². The van der Waals surface area contributed by atoms with E-state index in [2.05, 4.69) is 58.1 Å². The summed E-state index contributed by atoms with van der Waals surface area (Å²) in [6.45, 7) is 24.0. The number of ether oxygens (including phenoxy) is 3. The van der Waals surface area contributed by atoms with Gasteiger partial charge in [-0.05, 0) is 145 Å². The van der Waals surface area contributed by atoms with Crippen LogP contribution in [0.25, 0.3) is 6.08 Å². The number of carbonyl (C=O) groups excluding carboxylic acids is 1. The molecule has 4 unspecified atom stereocenters. The van der Waals surface area contributed by atoms with Gasteiger partial charge in [0.25, 0.3) is 0 Å². The highest BCUT2D eigenvalue weighted by Gasteiger charge is 2.77. The molecule has 3 aliphatic heterocycles. The fourth-order valence-electron chi connectivity index (χ4n) is 9.46. The number of Topliss-reactive ketones (excluding diaryl/α,β-unsaturated/α-hetero) is 1. The zero-order valence-electron chi connectivity index (χ0n) is 39.2. The average Bonchev–Trinajstić information content (AvgIpc) is 3.37. The van der Waals surface area contributed by atoms with Crippen LogP contribution in [0.3, 0.4) is 0 Å². The third-order valence-corrected chi connectivity index (χ3v) is 13.1. The normalized spacial score (nSPS) is 27.0. The van der Waals surface area contributed by atoms with Crippen LogP contribution in [0, 0.1) is 11.3 Å². The van der Waals surface area contributed by atoms with Crippen LogP contribution in [0.2, 0.25) is 0 Å². The summed E-state index contributed by atoms with van der Waals surface area (Å²) < 4.78 is 20.2. The van der Waals surface area contributed by atoms with Gasteiger partial charge in [0, 0.05) is 29.0 Å². The van der Waals surface area contributed by atoms with Crippen molar-refractivity contribution in [3.63, 3.8) is 0 Å². The lowest BCUT2D eigenvalue weighted by molar-refractivity contribution is -0.184. The molecule has 0 aromatic heterocycles. The first-order valence-electron chi connectivity index (χ1n) is 22.2. The molecular weight excluding hydrogens is 781 g/mol. The highest BCUT2D eigenvalue weighted by molar-refractivity contribution is 6.17. The zero-order valence-corrected chi connectivity index (χ0v) is 39.2. The molecule has 5 aliphatic rings. The van der Waals surface area contributed by atoms with E-state index in [-0.39, 0.29) is 34.6 Å². The number of hydrogen-bond donors (Lipinski definition) is 3. The molecule has 9 heteroatoms. The number of carbonyl (C=O) groups is 3. The molecule has 0 radical (unpaired) electrons. The number of allylic oxidation sites excluding steroid dienone is 11. The molecule has 1 aromatic carbocycles. The molecular formula is C53H70O9. The minimum absolute atomic E-state index is 0.0407. The van der Waals surface area contributed by atoms with E-state index in [1.54, 1.807) is 26.0 Å². The Morgan fingerprint density at radius 1 is 0.855 bits per heavy atom. The van der Waals surface area contributed by atoms with E-state index >= 15 is 0 Å². The zero-order chi connectivity index (χ0) is 46.0. The Hall–Kier alpha value is -4.89. The Bertz CT molecular complexity index is 2210. The predicted octanol–water partition coefficient (Wildman–Crippen LogP) is 12.6. The number of phenolic OH excluding ortho intramolecular Hbond substituents is 1. The molecule has 336 valence electrons. The monoisotopic (exact) mass is 851 g/mol. The van der Waals surface area contributed by atoms with E-state index < -0.39 is 46.0 Å². The predicted molar refractivity (Wildman–Crippen MR) is 247 cm³/mol. The topological polar surface area (TPSA) is 140 Å². The second-order valence-electron chi connectivity index (χ2n) is 19.9. The van der Waals surface area contributed by atoms with Crippen LogP contribution in [0.1, 0.15) is 162 Å². The number of benzene rings is 1. The molecule has 0 amide bonds. The molecule has 0 bridgehead atoms. The van der Waals surface area contributed by atoms with Crippen LogP contribution in [0.5, 0.6) is 17.2 Å². The molecule has 1 saturated heterocycles. The number of fused-ring (bicyclic) bond motifs is 2. The second-order valence-corrected chi connectivity index (χ2v) is 19.9. The van der Waals surface area contributed by atoms with Gasteiger partial charge >= 0.3 is 11.9 Å². The van der Waals surface area contributed by atoms with Crippen molar-refractivity contribution in [3.05, 3.63) is 105 Å². The number of aromatic hydroxyl groups is 1. The summed E-state index contributed by atoms with van der Waals surface area (Å²) in [4.78, 5) is 40.0. The van der Waals surface area contributed by atoms with E-state index in [1.165, 1.54) is 42.6 Å².